The predicted molar refractivity (Wildman–Crippen MR) is 135 cm³/mol. The molecule has 10 heteroatoms. The highest BCUT2D eigenvalue weighted by Crippen LogP contribution is 2.38. The van der Waals surface area contributed by atoms with Crippen LogP contribution < -0.4 is 10.6 Å². The van der Waals surface area contributed by atoms with Crippen molar-refractivity contribution in [3.05, 3.63) is 36.0 Å². The number of carbonyl (C=O) groups excluding carboxylic acids is 1. The van der Waals surface area contributed by atoms with Gasteiger partial charge >= 0.3 is 0 Å². The number of amides is 1. The Morgan fingerprint density at radius 1 is 1.06 bits per heavy atom. The number of carbonyl (C=O) groups is 1. The van der Waals surface area contributed by atoms with E-state index in [1.165, 1.54) is 18.6 Å². The SMILES string of the molecule is CC(C)Nc1ncc2nc(Nc3ccc(F)cc3F)n([C@H]3CC[C@@H](C(=O)N4CCCCC4)CC3)c2n1. The van der Waals surface area contributed by atoms with E-state index in [4.69, 9.17) is 4.98 Å². The number of fused-ring (bicyclic) bond motifs is 1. The molecule has 8 nitrogen and oxygen atoms in total. The highest BCUT2D eigenvalue weighted by Gasteiger charge is 2.32. The van der Waals surface area contributed by atoms with E-state index < -0.39 is 11.6 Å². The van der Waals surface area contributed by atoms with E-state index >= 15 is 0 Å². The summed E-state index contributed by atoms with van der Waals surface area (Å²) >= 11 is 0. The number of likely N-dealkylation sites (tertiary alicyclic amines) is 1. The second kappa shape index (κ2) is 10.4. The summed E-state index contributed by atoms with van der Waals surface area (Å²) in [6.45, 7) is 5.75. The van der Waals surface area contributed by atoms with E-state index in [1.807, 2.05) is 23.3 Å². The lowest BCUT2D eigenvalue weighted by Gasteiger charge is -2.34. The molecule has 2 fully saturated rings. The first-order valence-corrected chi connectivity index (χ1v) is 12.9. The third-order valence-corrected chi connectivity index (χ3v) is 7.11. The average molecular weight is 498 g/mol. The lowest BCUT2D eigenvalue weighted by atomic mass is 9.84. The third kappa shape index (κ3) is 5.12. The highest BCUT2D eigenvalue weighted by atomic mass is 19.1. The molecule has 2 aliphatic rings. The van der Waals surface area contributed by atoms with Gasteiger partial charge in [-0.25, -0.2) is 18.7 Å². The quantitative estimate of drug-likeness (QED) is 0.473. The number of halogens is 2. The number of nitrogens with zero attached hydrogens (tertiary/aromatic N) is 5. The van der Waals surface area contributed by atoms with Crippen molar-refractivity contribution in [1.29, 1.82) is 0 Å². The number of anilines is 3. The first kappa shape index (κ1) is 24.4. The minimum atomic E-state index is -0.697. The summed E-state index contributed by atoms with van der Waals surface area (Å²) in [6.07, 6.45) is 8.16. The fraction of sp³-hybridized carbons (Fsp3) is 0.538. The summed E-state index contributed by atoms with van der Waals surface area (Å²) in [4.78, 5) is 28.9. The van der Waals surface area contributed by atoms with Crippen LogP contribution in [-0.2, 0) is 4.79 Å². The van der Waals surface area contributed by atoms with Gasteiger partial charge in [0.2, 0.25) is 17.8 Å². The summed E-state index contributed by atoms with van der Waals surface area (Å²) in [6, 6.07) is 3.60. The van der Waals surface area contributed by atoms with E-state index in [0.29, 0.717) is 23.1 Å². The van der Waals surface area contributed by atoms with Crippen molar-refractivity contribution < 1.29 is 13.6 Å². The maximum atomic E-state index is 14.5. The van der Waals surface area contributed by atoms with Gasteiger partial charge in [0.05, 0.1) is 11.9 Å². The Morgan fingerprint density at radius 2 is 1.81 bits per heavy atom. The zero-order valence-corrected chi connectivity index (χ0v) is 20.8. The first-order chi connectivity index (χ1) is 17.4. The van der Waals surface area contributed by atoms with Gasteiger partial charge in [0.1, 0.15) is 17.2 Å². The summed E-state index contributed by atoms with van der Waals surface area (Å²) in [5.74, 6) is -0.102. The maximum absolute atomic E-state index is 14.5. The van der Waals surface area contributed by atoms with E-state index in [2.05, 4.69) is 20.6 Å². The van der Waals surface area contributed by atoms with E-state index in [1.54, 1.807) is 6.20 Å². The molecule has 1 amide bonds. The first-order valence-electron chi connectivity index (χ1n) is 12.9. The zero-order chi connectivity index (χ0) is 25.2. The second-order valence-corrected chi connectivity index (χ2v) is 10.1. The molecule has 5 rings (SSSR count). The number of rotatable bonds is 6. The maximum Gasteiger partial charge on any atom is 0.225 e. The minimum absolute atomic E-state index is 0.0351. The molecule has 3 heterocycles. The number of aromatic nitrogens is 4. The van der Waals surface area contributed by atoms with Crippen LogP contribution in [-0.4, -0.2) is 49.5 Å². The number of hydrogen-bond acceptors (Lipinski definition) is 6. The lowest BCUT2D eigenvalue weighted by Crippen LogP contribution is -2.41. The Morgan fingerprint density at radius 3 is 2.50 bits per heavy atom. The van der Waals surface area contributed by atoms with Crippen LogP contribution >= 0.6 is 0 Å². The van der Waals surface area contributed by atoms with Crippen molar-refractivity contribution in [1.82, 2.24) is 24.4 Å². The summed E-state index contributed by atoms with van der Waals surface area (Å²) in [5.41, 5.74) is 1.36. The largest absolute Gasteiger partial charge is 0.352 e. The van der Waals surface area contributed by atoms with Crippen molar-refractivity contribution in [3.63, 3.8) is 0 Å². The molecule has 1 saturated heterocycles. The van der Waals surface area contributed by atoms with Gasteiger partial charge in [-0.05, 0) is 70.9 Å². The monoisotopic (exact) mass is 497 g/mol. The Bertz CT molecular complexity index is 1230. The van der Waals surface area contributed by atoms with Crippen LogP contribution in [0.3, 0.4) is 0 Å². The highest BCUT2D eigenvalue weighted by molar-refractivity contribution is 5.79. The topological polar surface area (TPSA) is 88.0 Å². The molecule has 2 aromatic heterocycles. The van der Waals surface area contributed by atoms with Gasteiger partial charge in [0.25, 0.3) is 0 Å². The fourth-order valence-electron chi connectivity index (χ4n) is 5.32. The van der Waals surface area contributed by atoms with Crippen LogP contribution in [0.15, 0.2) is 24.4 Å². The molecular weight excluding hydrogens is 464 g/mol. The third-order valence-electron chi connectivity index (χ3n) is 7.11. The Balaban J connectivity index is 1.43. The molecule has 3 aromatic rings. The molecule has 0 unspecified atom stereocenters. The molecule has 192 valence electrons. The molecule has 1 saturated carbocycles. The molecule has 36 heavy (non-hydrogen) atoms. The summed E-state index contributed by atoms with van der Waals surface area (Å²) in [7, 11) is 0. The summed E-state index contributed by atoms with van der Waals surface area (Å²) < 4.78 is 29.9. The molecular formula is C26H33F2N7O. The standard InChI is InChI=1S/C26H33F2N7O/c1-16(2)30-25-29-15-22-23(33-25)35(26(32-22)31-21-11-8-18(27)14-20(21)28)19-9-6-17(7-10-19)24(36)34-12-4-3-5-13-34/h8,11,14-17,19H,3-7,9-10,12-13H2,1-2H3,(H,31,32)(H,29,30,33)/t17-,19+. The number of imidazole rings is 1. The van der Waals surface area contributed by atoms with Crippen LogP contribution in [0.25, 0.3) is 11.2 Å². The molecule has 0 spiro atoms. The average Bonchev–Trinajstić information content (AvgIpc) is 3.22. The molecule has 2 N–H and O–H groups in total. The van der Waals surface area contributed by atoms with E-state index in [0.717, 1.165) is 57.7 Å². The van der Waals surface area contributed by atoms with Gasteiger partial charge in [-0.15, -0.1) is 0 Å². The molecule has 0 bridgehead atoms. The van der Waals surface area contributed by atoms with Gasteiger partial charge in [0.15, 0.2) is 5.65 Å². The van der Waals surface area contributed by atoms with Crippen molar-refractivity contribution >= 4 is 34.7 Å². The van der Waals surface area contributed by atoms with Crippen molar-refractivity contribution in [2.24, 2.45) is 5.92 Å². The molecule has 0 atom stereocenters. The van der Waals surface area contributed by atoms with Crippen molar-refractivity contribution in [2.75, 3.05) is 23.7 Å². The van der Waals surface area contributed by atoms with Gasteiger partial charge in [-0.3, -0.25) is 9.36 Å². The number of piperidine rings is 1. The molecule has 1 aliphatic heterocycles. The predicted octanol–water partition coefficient (Wildman–Crippen LogP) is 5.41. The van der Waals surface area contributed by atoms with Gasteiger partial charge in [-0.1, -0.05) is 0 Å². The normalized spacial score (nSPS) is 20.6. The number of nitrogens with one attached hydrogen (secondary N) is 2. The smallest absolute Gasteiger partial charge is 0.225 e. The van der Waals surface area contributed by atoms with E-state index in [9.17, 15) is 13.6 Å². The lowest BCUT2D eigenvalue weighted by molar-refractivity contribution is -0.137. The summed E-state index contributed by atoms with van der Waals surface area (Å²) in [5, 5.41) is 6.27. The van der Waals surface area contributed by atoms with Crippen molar-refractivity contribution in [2.45, 2.75) is 70.9 Å². The Hall–Kier alpha value is -3.30. The molecule has 0 radical (unpaired) electrons. The van der Waals surface area contributed by atoms with Crippen LogP contribution in [0.5, 0.6) is 0 Å². The molecule has 1 aromatic carbocycles. The van der Waals surface area contributed by atoms with Crippen LogP contribution in [0.2, 0.25) is 0 Å². The minimum Gasteiger partial charge on any atom is -0.352 e. The van der Waals surface area contributed by atoms with Gasteiger partial charge < -0.3 is 15.5 Å². The second-order valence-electron chi connectivity index (χ2n) is 10.1. The number of benzene rings is 1. The van der Waals surface area contributed by atoms with E-state index in [-0.39, 0.29) is 29.6 Å². The fourth-order valence-corrected chi connectivity index (χ4v) is 5.32. The van der Waals surface area contributed by atoms with Crippen LogP contribution in [0.4, 0.5) is 26.4 Å². The van der Waals surface area contributed by atoms with Crippen LogP contribution in [0.1, 0.15) is 64.8 Å². The zero-order valence-electron chi connectivity index (χ0n) is 20.8. The van der Waals surface area contributed by atoms with Gasteiger partial charge in [-0.2, -0.15) is 4.98 Å². The molecule has 1 aliphatic carbocycles. The number of hydrogen-bond donors (Lipinski definition) is 2. The van der Waals surface area contributed by atoms with Gasteiger partial charge in [0, 0.05) is 37.2 Å². The Labute approximate surface area is 209 Å². The Kier molecular flexibility index (Phi) is 7.02. The van der Waals surface area contributed by atoms with Crippen molar-refractivity contribution in [3.8, 4) is 0 Å². The van der Waals surface area contributed by atoms with Crippen LogP contribution in [0, 0.1) is 17.6 Å².